The second-order valence-electron chi connectivity index (χ2n) is 5.28. The Balaban J connectivity index is 2.03. The van der Waals surface area contributed by atoms with Gasteiger partial charge in [0.2, 0.25) is 0 Å². The third kappa shape index (κ3) is 3.21. The van der Waals surface area contributed by atoms with Crippen LogP contribution in [-0.4, -0.2) is 78.0 Å². The second-order valence-corrected chi connectivity index (χ2v) is 5.28. The molecule has 0 radical (unpaired) electrons. The van der Waals surface area contributed by atoms with Crippen LogP contribution in [0, 0.1) is 0 Å². The molecule has 0 bridgehead atoms. The zero-order valence-corrected chi connectivity index (χ0v) is 11.9. The van der Waals surface area contributed by atoms with Crippen LogP contribution in [0.4, 0.5) is 4.79 Å². The molecule has 2 amide bonds. The Kier molecular flexibility index (Phi) is 4.82. The lowest BCUT2D eigenvalue weighted by Crippen LogP contribution is -2.59. The molecule has 7 nitrogen and oxygen atoms in total. The summed E-state index contributed by atoms with van der Waals surface area (Å²) in [6, 6.07) is -0.0497. The van der Waals surface area contributed by atoms with Gasteiger partial charge in [0.15, 0.2) is 6.10 Å². The molecule has 0 aliphatic carbocycles. The summed E-state index contributed by atoms with van der Waals surface area (Å²) in [4.78, 5) is 26.9. The minimum absolute atomic E-state index is 0.0121. The molecule has 2 saturated heterocycles. The lowest BCUT2D eigenvalue weighted by atomic mass is 10.1. The van der Waals surface area contributed by atoms with E-state index < -0.39 is 12.1 Å². The number of rotatable bonds is 2. The molecule has 2 heterocycles. The molecule has 3 unspecified atom stereocenters. The van der Waals surface area contributed by atoms with E-state index in [1.165, 1.54) is 0 Å². The van der Waals surface area contributed by atoms with Crippen molar-refractivity contribution < 1.29 is 24.2 Å². The number of carboxylic acids is 1. The van der Waals surface area contributed by atoms with E-state index in [2.05, 4.69) is 0 Å². The molecule has 7 heteroatoms. The summed E-state index contributed by atoms with van der Waals surface area (Å²) in [5.41, 5.74) is 0. The van der Waals surface area contributed by atoms with Crippen molar-refractivity contribution in [3.63, 3.8) is 0 Å². The van der Waals surface area contributed by atoms with Gasteiger partial charge in [-0.25, -0.2) is 9.59 Å². The van der Waals surface area contributed by atoms with Gasteiger partial charge in [-0.15, -0.1) is 0 Å². The van der Waals surface area contributed by atoms with Crippen LogP contribution in [0.2, 0.25) is 0 Å². The van der Waals surface area contributed by atoms with Crippen LogP contribution >= 0.6 is 0 Å². The first-order chi connectivity index (χ1) is 9.52. The molecule has 2 aliphatic heterocycles. The Morgan fingerprint density at radius 2 is 2.05 bits per heavy atom. The van der Waals surface area contributed by atoms with Crippen molar-refractivity contribution in [3.8, 4) is 0 Å². The standard InChI is InChI=1S/C13H22N2O5/c1-3-10-8-20-9(2)6-15(10)13(18)14-4-5-19-11(7-14)12(16)17/h9-11H,3-8H2,1-2H3,(H,16,17). The zero-order valence-electron chi connectivity index (χ0n) is 11.9. The number of hydrogen-bond acceptors (Lipinski definition) is 4. The number of urea groups is 1. The fourth-order valence-corrected chi connectivity index (χ4v) is 2.57. The van der Waals surface area contributed by atoms with E-state index in [1.54, 1.807) is 9.80 Å². The Hall–Kier alpha value is -1.34. The molecule has 0 saturated carbocycles. The molecular weight excluding hydrogens is 264 g/mol. The van der Waals surface area contributed by atoms with Crippen LogP contribution in [-0.2, 0) is 14.3 Å². The third-order valence-electron chi connectivity index (χ3n) is 3.80. The van der Waals surface area contributed by atoms with Crippen molar-refractivity contribution in [2.45, 2.75) is 38.5 Å². The Morgan fingerprint density at radius 1 is 1.30 bits per heavy atom. The number of carboxylic acid groups (broad SMARTS) is 1. The minimum Gasteiger partial charge on any atom is -0.479 e. The number of carbonyl (C=O) groups is 2. The van der Waals surface area contributed by atoms with Gasteiger partial charge < -0.3 is 24.4 Å². The number of amides is 2. The van der Waals surface area contributed by atoms with Crippen LogP contribution in [0.1, 0.15) is 20.3 Å². The normalized spacial score (nSPS) is 31.2. The molecular formula is C13H22N2O5. The summed E-state index contributed by atoms with van der Waals surface area (Å²) >= 11 is 0. The molecule has 0 aromatic rings. The first-order valence-corrected chi connectivity index (χ1v) is 7.04. The number of nitrogens with zero attached hydrogens (tertiary/aromatic N) is 2. The maximum absolute atomic E-state index is 12.6. The van der Waals surface area contributed by atoms with Crippen molar-refractivity contribution in [3.05, 3.63) is 0 Å². The summed E-state index contributed by atoms with van der Waals surface area (Å²) in [6.07, 6.45) is -0.0881. The molecule has 2 fully saturated rings. The van der Waals surface area contributed by atoms with E-state index in [4.69, 9.17) is 14.6 Å². The lowest BCUT2D eigenvalue weighted by Gasteiger charge is -2.42. The summed E-state index contributed by atoms with van der Waals surface area (Å²) < 4.78 is 10.7. The Morgan fingerprint density at radius 3 is 2.70 bits per heavy atom. The molecule has 20 heavy (non-hydrogen) atoms. The predicted octanol–water partition coefficient (Wildman–Crippen LogP) is 0.391. The molecule has 114 valence electrons. The van der Waals surface area contributed by atoms with Crippen LogP contribution in [0.15, 0.2) is 0 Å². The van der Waals surface area contributed by atoms with Crippen LogP contribution < -0.4 is 0 Å². The van der Waals surface area contributed by atoms with Crippen molar-refractivity contribution in [1.82, 2.24) is 9.80 Å². The van der Waals surface area contributed by atoms with Crippen LogP contribution in [0.25, 0.3) is 0 Å². The molecule has 1 N–H and O–H groups in total. The molecule has 0 aromatic heterocycles. The Labute approximate surface area is 118 Å². The van der Waals surface area contributed by atoms with Gasteiger partial charge in [0.25, 0.3) is 0 Å². The van der Waals surface area contributed by atoms with Crippen LogP contribution in [0.5, 0.6) is 0 Å². The number of morpholine rings is 2. The average Bonchev–Trinajstić information content (AvgIpc) is 2.46. The highest BCUT2D eigenvalue weighted by Crippen LogP contribution is 2.18. The highest BCUT2D eigenvalue weighted by atomic mass is 16.5. The van der Waals surface area contributed by atoms with E-state index in [1.807, 2.05) is 13.8 Å². The fraction of sp³-hybridized carbons (Fsp3) is 0.846. The SMILES string of the molecule is CCC1COC(C)CN1C(=O)N1CCOC(C(=O)O)C1. The highest BCUT2D eigenvalue weighted by Gasteiger charge is 2.35. The molecule has 0 aromatic carbocycles. The van der Waals surface area contributed by atoms with Gasteiger partial charge in [0.1, 0.15) is 0 Å². The van der Waals surface area contributed by atoms with Gasteiger partial charge in [-0.2, -0.15) is 0 Å². The average molecular weight is 286 g/mol. The number of ether oxygens (including phenoxy) is 2. The minimum atomic E-state index is -1.02. The number of carbonyl (C=O) groups excluding carboxylic acids is 1. The van der Waals surface area contributed by atoms with Gasteiger partial charge in [0.05, 0.1) is 31.9 Å². The number of aliphatic carboxylic acids is 1. The number of hydrogen-bond donors (Lipinski definition) is 1. The monoisotopic (exact) mass is 286 g/mol. The summed E-state index contributed by atoms with van der Waals surface area (Å²) in [7, 11) is 0. The maximum atomic E-state index is 12.6. The van der Waals surface area contributed by atoms with Gasteiger partial charge in [-0.05, 0) is 13.3 Å². The second kappa shape index (κ2) is 6.41. The third-order valence-corrected chi connectivity index (χ3v) is 3.80. The lowest BCUT2D eigenvalue weighted by molar-refractivity contribution is -0.155. The topological polar surface area (TPSA) is 79.3 Å². The highest BCUT2D eigenvalue weighted by molar-refractivity contribution is 5.78. The van der Waals surface area contributed by atoms with Crippen molar-refractivity contribution >= 4 is 12.0 Å². The molecule has 3 atom stereocenters. The molecule has 2 rings (SSSR count). The zero-order chi connectivity index (χ0) is 14.7. The first-order valence-electron chi connectivity index (χ1n) is 7.04. The first kappa shape index (κ1) is 15.1. The van der Waals surface area contributed by atoms with E-state index in [9.17, 15) is 9.59 Å². The summed E-state index contributed by atoms with van der Waals surface area (Å²) in [5, 5.41) is 8.99. The van der Waals surface area contributed by atoms with E-state index >= 15 is 0 Å². The van der Waals surface area contributed by atoms with Gasteiger partial charge in [-0.3, -0.25) is 0 Å². The van der Waals surface area contributed by atoms with Crippen LogP contribution in [0.3, 0.4) is 0 Å². The molecule has 2 aliphatic rings. The van der Waals surface area contributed by atoms with Crippen molar-refractivity contribution in [2.24, 2.45) is 0 Å². The van der Waals surface area contributed by atoms with E-state index in [0.717, 1.165) is 6.42 Å². The smallest absolute Gasteiger partial charge is 0.334 e. The van der Waals surface area contributed by atoms with Crippen molar-refractivity contribution in [1.29, 1.82) is 0 Å². The van der Waals surface area contributed by atoms with Crippen molar-refractivity contribution in [2.75, 3.05) is 32.8 Å². The largest absolute Gasteiger partial charge is 0.479 e. The summed E-state index contributed by atoms with van der Waals surface area (Å²) in [6.45, 7) is 5.85. The van der Waals surface area contributed by atoms with E-state index in [-0.39, 0.29) is 31.3 Å². The fourth-order valence-electron chi connectivity index (χ4n) is 2.57. The quantitative estimate of drug-likeness (QED) is 0.794. The summed E-state index contributed by atoms with van der Waals surface area (Å²) in [5.74, 6) is -1.02. The van der Waals surface area contributed by atoms with Gasteiger partial charge in [0, 0.05) is 13.1 Å². The predicted molar refractivity (Wildman–Crippen MR) is 70.5 cm³/mol. The Bertz CT molecular complexity index is 376. The van der Waals surface area contributed by atoms with Gasteiger partial charge in [-0.1, -0.05) is 6.92 Å². The maximum Gasteiger partial charge on any atom is 0.334 e. The van der Waals surface area contributed by atoms with E-state index in [0.29, 0.717) is 19.7 Å². The van der Waals surface area contributed by atoms with Gasteiger partial charge >= 0.3 is 12.0 Å². The molecule has 0 spiro atoms.